The van der Waals surface area contributed by atoms with E-state index in [1.807, 2.05) is 4.90 Å². The average Bonchev–Trinajstić information content (AvgIpc) is 2.37. The number of nitrogens with zero attached hydrogens (tertiary/aromatic N) is 2. The Hall–Kier alpha value is -1.30. The molecule has 2 rings (SSSR count). The Morgan fingerprint density at radius 3 is 2.63 bits per heavy atom. The Bertz CT molecular complexity index is 416. The van der Waals surface area contributed by atoms with Gasteiger partial charge >= 0.3 is 6.18 Å². The summed E-state index contributed by atoms with van der Waals surface area (Å²) in [7, 11) is 0. The molecule has 1 aliphatic rings. The highest BCUT2D eigenvalue weighted by Crippen LogP contribution is 2.31. The van der Waals surface area contributed by atoms with E-state index in [0.29, 0.717) is 12.4 Å². The van der Waals surface area contributed by atoms with Crippen molar-refractivity contribution in [1.82, 2.24) is 4.98 Å². The molecule has 6 heteroatoms. The maximum Gasteiger partial charge on any atom is 0.417 e. The van der Waals surface area contributed by atoms with Gasteiger partial charge in [-0.2, -0.15) is 13.2 Å². The average molecular weight is 273 g/mol. The van der Waals surface area contributed by atoms with E-state index in [0.717, 1.165) is 31.5 Å². The fourth-order valence-electron chi connectivity index (χ4n) is 2.64. The summed E-state index contributed by atoms with van der Waals surface area (Å²) >= 11 is 0. The molecule has 0 bridgehead atoms. The molecule has 19 heavy (non-hydrogen) atoms. The molecule has 0 radical (unpaired) electrons. The van der Waals surface area contributed by atoms with E-state index in [1.54, 1.807) is 0 Å². The predicted octanol–water partition coefficient (Wildman–Crippen LogP) is 2.81. The van der Waals surface area contributed by atoms with E-state index in [-0.39, 0.29) is 12.1 Å². The van der Waals surface area contributed by atoms with Crippen LogP contribution in [0, 0.1) is 0 Å². The number of hydrogen-bond acceptors (Lipinski definition) is 3. The number of halogens is 3. The van der Waals surface area contributed by atoms with Crippen molar-refractivity contribution in [2.24, 2.45) is 5.73 Å². The third-order valence-electron chi connectivity index (χ3n) is 3.64. The van der Waals surface area contributed by atoms with E-state index in [2.05, 4.69) is 11.9 Å². The number of aromatic nitrogens is 1. The number of nitrogens with two attached hydrogens (primary N) is 1. The van der Waals surface area contributed by atoms with E-state index in [1.165, 1.54) is 6.07 Å². The number of hydrogen-bond donors (Lipinski definition) is 1. The van der Waals surface area contributed by atoms with Crippen molar-refractivity contribution in [1.29, 1.82) is 0 Å². The number of piperidine rings is 1. The fraction of sp³-hybridized carbons (Fsp3) is 0.615. The summed E-state index contributed by atoms with van der Waals surface area (Å²) in [5.41, 5.74) is 5.03. The lowest BCUT2D eigenvalue weighted by Gasteiger charge is -2.41. The Morgan fingerprint density at radius 2 is 2.11 bits per heavy atom. The summed E-state index contributed by atoms with van der Waals surface area (Å²) in [6.45, 7) is 2.55. The number of rotatable bonds is 2. The Labute approximate surface area is 110 Å². The normalized spacial score (nSPS) is 24.6. The van der Waals surface area contributed by atoms with Gasteiger partial charge in [0, 0.05) is 24.8 Å². The van der Waals surface area contributed by atoms with Gasteiger partial charge in [-0.25, -0.2) is 4.98 Å². The van der Waals surface area contributed by atoms with Crippen LogP contribution < -0.4 is 10.6 Å². The highest BCUT2D eigenvalue weighted by Gasteiger charge is 2.32. The minimum Gasteiger partial charge on any atom is -0.350 e. The highest BCUT2D eigenvalue weighted by atomic mass is 19.4. The van der Waals surface area contributed by atoms with Gasteiger partial charge < -0.3 is 10.6 Å². The third kappa shape index (κ3) is 3.00. The third-order valence-corrected chi connectivity index (χ3v) is 3.64. The van der Waals surface area contributed by atoms with Crippen molar-refractivity contribution >= 4 is 5.82 Å². The molecule has 106 valence electrons. The molecule has 2 N–H and O–H groups in total. The summed E-state index contributed by atoms with van der Waals surface area (Å²) in [5, 5.41) is 0. The first-order chi connectivity index (χ1) is 8.93. The molecular formula is C13H18F3N3. The summed E-state index contributed by atoms with van der Waals surface area (Å²) in [5.74, 6) is 0.579. The molecule has 2 unspecified atom stereocenters. The molecular weight excluding hydrogens is 255 g/mol. The highest BCUT2D eigenvalue weighted by molar-refractivity contribution is 5.43. The zero-order valence-corrected chi connectivity index (χ0v) is 10.8. The van der Waals surface area contributed by atoms with Gasteiger partial charge in [0.2, 0.25) is 0 Å². The molecule has 0 aromatic carbocycles. The van der Waals surface area contributed by atoms with Crippen molar-refractivity contribution in [3.8, 4) is 0 Å². The molecule has 1 aromatic rings. The van der Waals surface area contributed by atoms with Crippen molar-refractivity contribution in [3.63, 3.8) is 0 Å². The Kier molecular flexibility index (Phi) is 3.99. The standard InChI is InChI=1S/C13H18F3N3/c1-9-3-2-4-11(7-17)19(9)12-6-5-10(8-18-12)13(14,15)16/h5-6,8-9,11H,2-4,7,17H2,1H3. The summed E-state index contributed by atoms with van der Waals surface area (Å²) < 4.78 is 37.5. The van der Waals surface area contributed by atoms with Crippen LogP contribution in [0.1, 0.15) is 31.7 Å². The second-order valence-corrected chi connectivity index (χ2v) is 4.98. The molecule has 2 heterocycles. The first kappa shape index (κ1) is 14.1. The number of anilines is 1. The summed E-state index contributed by atoms with van der Waals surface area (Å²) in [6.07, 6.45) is -0.376. The Morgan fingerprint density at radius 1 is 1.37 bits per heavy atom. The van der Waals surface area contributed by atoms with E-state index in [9.17, 15) is 13.2 Å². The van der Waals surface area contributed by atoms with Crippen molar-refractivity contribution in [2.45, 2.75) is 44.4 Å². The second-order valence-electron chi connectivity index (χ2n) is 4.98. The van der Waals surface area contributed by atoms with Crippen molar-refractivity contribution < 1.29 is 13.2 Å². The molecule has 0 spiro atoms. The van der Waals surface area contributed by atoms with Gasteiger partial charge in [0.15, 0.2) is 0 Å². The summed E-state index contributed by atoms with van der Waals surface area (Å²) in [6, 6.07) is 2.93. The lowest BCUT2D eigenvalue weighted by atomic mass is 9.96. The quantitative estimate of drug-likeness (QED) is 0.901. The van der Waals surface area contributed by atoms with Gasteiger partial charge in [0.1, 0.15) is 5.82 Å². The molecule has 0 aliphatic carbocycles. The lowest BCUT2D eigenvalue weighted by Crippen LogP contribution is -2.49. The predicted molar refractivity (Wildman–Crippen MR) is 67.9 cm³/mol. The first-order valence-corrected chi connectivity index (χ1v) is 6.45. The maximum atomic E-state index is 12.5. The van der Waals surface area contributed by atoms with Crippen LogP contribution in [-0.4, -0.2) is 23.6 Å². The molecule has 1 saturated heterocycles. The van der Waals surface area contributed by atoms with Crippen LogP contribution in [-0.2, 0) is 6.18 Å². The Balaban J connectivity index is 2.24. The monoisotopic (exact) mass is 273 g/mol. The van der Waals surface area contributed by atoms with Crippen LogP contribution in [0.5, 0.6) is 0 Å². The molecule has 0 amide bonds. The molecule has 1 aliphatic heterocycles. The minimum atomic E-state index is -4.34. The van der Waals surface area contributed by atoms with Crippen LogP contribution in [0.25, 0.3) is 0 Å². The smallest absolute Gasteiger partial charge is 0.350 e. The van der Waals surface area contributed by atoms with Gasteiger partial charge in [-0.3, -0.25) is 0 Å². The summed E-state index contributed by atoms with van der Waals surface area (Å²) in [4.78, 5) is 6.01. The van der Waals surface area contributed by atoms with E-state index >= 15 is 0 Å². The van der Waals surface area contributed by atoms with Gasteiger partial charge in [-0.15, -0.1) is 0 Å². The van der Waals surface area contributed by atoms with Crippen LogP contribution in [0.3, 0.4) is 0 Å². The number of pyridine rings is 1. The SMILES string of the molecule is CC1CCCC(CN)N1c1ccc(C(F)(F)F)cn1. The number of alkyl halides is 3. The topological polar surface area (TPSA) is 42.1 Å². The van der Waals surface area contributed by atoms with Crippen LogP contribution >= 0.6 is 0 Å². The van der Waals surface area contributed by atoms with Gasteiger partial charge in [0.05, 0.1) is 5.56 Å². The zero-order valence-electron chi connectivity index (χ0n) is 10.8. The molecule has 1 fully saturated rings. The van der Waals surface area contributed by atoms with Gasteiger partial charge in [-0.1, -0.05) is 0 Å². The van der Waals surface area contributed by atoms with Crippen LogP contribution in [0.4, 0.5) is 19.0 Å². The molecule has 0 saturated carbocycles. The second kappa shape index (κ2) is 5.36. The van der Waals surface area contributed by atoms with Gasteiger partial charge in [0.25, 0.3) is 0 Å². The maximum absolute atomic E-state index is 12.5. The first-order valence-electron chi connectivity index (χ1n) is 6.45. The van der Waals surface area contributed by atoms with E-state index < -0.39 is 11.7 Å². The van der Waals surface area contributed by atoms with Crippen LogP contribution in [0.2, 0.25) is 0 Å². The van der Waals surface area contributed by atoms with Crippen molar-refractivity contribution in [3.05, 3.63) is 23.9 Å². The van der Waals surface area contributed by atoms with Crippen molar-refractivity contribution in [2.75, 3.05) is 11.4 Å². The van der Waals surface area contributed by atoms with Gasteiger partial charge in [-0.05, 0) is 38.3 Å². The lowest BCUT2D eigenvalue weighted by molar-refractivity contribution is -0.137. The minimum absolute atomic E-state index is 0.160. The molecule has 1 aromatic heterocycles. The fourth-order valence-corrected chi connectivity index (χ4v) is 2.64. The van der Waals surface area contributed by atoms with E-state index in [4.69, 9.17) is 5.73 Å². The largest absolute Gasteiger partial charge is 0.417 e. The molecule has 2 atom stereocenters. The van der Waals surface area contributed by atoms with Crippen LogP contribution in [0.15, 0.2) is 18.3 Å². The molecule has 3 nitrogen and oxygen atoms in total. The zero-order chi connectivity index (χ0) is 14.0.